The molecule has 4 rings (SSSR count). The van der Waals surface area contributed by atoms with E-state index in [-0.39, 0.29) is 17.9 Å². The van der Waals surface area contributed by atoms with Crippen molar-refractivity contribution < 1.29 is 14.1 Å². The molecule has 1 unspecified atom stereocenters. The summed E-state index contributed by atoms with van der Waals surface area (Å²) in [6, 6.07) is 7.41. The highest BCUT2D eigenvalue weighted by molar-refractivity contribution is 5.95. The number of hydrogen-bond donors (Lipinski definition) is 1. The number of aromatic nitrogens is 3. The van der Waals surface area contributed by atoms with Crippen LogP contribution in [0.25, 0.3) is 5.52 Å². The van der Waals surface area contributed by atoms with Crippen LogP contribution in [-0.2, 0) is 4.74 Å². The van der Waals surface area contributed by atoms with E-state index in [1.807, 2.05) is 41.1 Å². The minimum atomic E-state index is -0.305. The van der Waals surface area contributed by atoms with Gasteiger partial charge in [0.25, 0.3) is 5.91 Å². The molecule has 0 saturated carbocycles. The lowest BCUT2D eigenvalue weighted by atomic mass is 9.91. The number of carbonyl (C=O) groups is 1. The minimum absolute atomic E-state index is 0.143. The van der Waals surface area contributed by atoms with Gasteiger partial charge in [-0.3, -0.25) is 4.79 Å². The first kappa shape index (κ1) is 15.8. The molecule has 1 fully saturated rings. The van der Waals surface area contributed by atoms with Crippen molar-refractivity contribution in [2.75, 3.05) is 13.2 Å². The second-order valence-corrected chi connectivity index (χ2v) is 6.34. The number of rotatable bonds is 4. The van der Waals surface area contributed by atoms with Gasteiger partial charge in [0.05, 0.1) is 5.56 Å². The highest BCUT2D eigenvalue weighted by Crippen LogP contribution is 2.29. The second kappa shape index (κ2) is 6.68. The fourth-order valence-corrected chi connectivity index (χ4v) is 3.27. The Hall–Kier alpha value is -2.67. The van der Waals surface area contributed by atoms with Gasteiger partial charge in [0.1, 0.15) is 6.04 Å². The summed E-state index contributed by atoms with van der Waals surface area (Å²) in [5, 5.41) is 6.96. The predicted molar refractivity (Wildman–Crippen MR) is 90.2 cm³/mol. The monoisotopic (exact) mass is 340 g/mol. The molecule has 7 nitrogen and oxygen atoms in total. The van der Waals surface area contributed by atoms with Crippen LogP contribution in [0.2, 0.25) is 0 Å². The smallest absolute Gasteiger partial charge is 0.253 e. The fourth-order valence-electron chi connectivity index (χ4n) is 3.27. The zero-order valence-electron chi connectivity index (χ0n) is 14.0. The van der Waals surface area contributed by atoms with Crippen LogP contribution < -0.4 is 5.32 Å². The molecule has 4 heterocycles. The Labute approximate surface area is 145 Å². The number of nitrogens with one attached hydrogen (secondary N) is 1. The van der Waals surface area contributed by atoms with Crippen molar-refractivity contribution >= 4 is 11.4 Å². The molecule has 0 spiro atoms. The lowest BCUT2D eigenvalue weighted by Gasteiger charge is -2.28. The summed E-state index contributed by atoms with van der Waals surface area (Å²) in [6.45, 7) is 3.14. The van der Waals surface area contributed by atoms with Crippen molar-refractivity contribution in [2.24, 2.45) is 5.92 Å². The second-order valence-electron chi connectivity index (χ2n) is 6.34. The van der Waals surface area contributed by atoms with Gasteiger partial charge in [-0.15, -0.1) is 0 Å². The summed E-state index contributed by atoms with van der Waals surface area (Å²) in [7, 11) is 0. The lowest BCUT2D eigenvalue weighted by molar-refractivity contribution is 0.0468. The standard InChI is InChI=1S/C18H20N4O3/c1-12-19-18(25-21-12)16(13-5-8-24-9-6-13)20-17(23)14-10-15-4-2-3-7-22(15)11-14/h2-4,7,10-11,13,16H,5-6,8-9H2,1H3,(H,20,23). The Balaban J connectivity index is 1.59. The molecule has 1 aliphatic rings. The average Bonchev–Trinajstić information content (AvgIpc) is 3.26. The van der Waals surface area contributed by atoms with E-state index in [1.165, 1.54) is 0 Å². The van der Waals surface area contributed by atoms with E-state index in [0.717, 1.165) is 18.4 Å². The Morgan fingerprint density at radius 2 is 2.20 bits per heavy atom. The molecule has 25 heavy (non-hydrogen) atoms. The molecule has 3 aromatic heterocycles. The Morgan fingerprint density at radius 3 is 2.92 bits per heavy atom. The molecule has 7 heteroatoms. The van der Waals surface area contributed by atoms with Gasteiger partial charge in [-0.1, -0.05) is 11.2 Å². The van der Waals surface area contributed by atoms with Crippen molar-refractivity contribution in [1.29, 1.82) is 0 Å². The number of ether oxygens (including phenoxy) is 1. The van der Waals surface area contributed by atoms with E-state index in [9.17, 15) is 4.79 Å². The molecule has 1 amide bonds. The quantitative estimate of drug-likeness (QED) is 0.789. The van der Waals surface area contributed by atoms with Crippen LogP contribution in [0.5, 0.6) is 0 Å². The first-order chi connectivity index (χ1) is 12.2. The van der Waals surface area contributed by atoms with Crippen LogP contribution in [0, 0.1) is 12.8 Å². The number of amides is 1. The molecule has 1 aliphatic heterocycles. The van der Waals surface area contributed by atoms with Crippen LogP contribution in [0.15, 0.2) is 41.2 Å². The molecule has 0 aromatic carbocycles. The van der Waals surface area contributed by atoms with Crippen LogP contribution >= 0.6 is 0 Å². The molecule has 0 radical (unpaired) electrons. The zero-order valence-corrected chi connectivity index (χ0v) is 14.0. The van der Waals surface area contributed by atoms with Crippen molar-refractivity contribution in [1.82, 2.24) is 19.9 Å². The first-order valence-corrected chi connectivity index (χ1v) is 8.46. The summed E-state index contributed by atoms with van der Waals surface area (Å²) in [5.41, 5.74) is 1.59. The topological polar surface area (TPSA) is 81.7 Å². The molecule has 1 saturated heterocycles. The SMILES string of the molecule is Cc1noc(C(NC(=O)c2cc3ccccn3c2)C2CCOCC2)n1. The van der Waals surface area contributed by atoms with Crippen LogP contribution in [0.3, 0.4) is 0 Å². The van der Waals surface area contributed by atoms with Crippen molar-refractivity contribution in [3.8, 4) is 0 Å². The highest BCUT2D eigenvalue weighted by atomic mass is 16.5. The number of hydrogen-bond acceptors (Lipinski definition) is 5. The van der Waals surface area contributed by atoms with E-state index in [0.29, 0.717) is 30.5 Å². The van der Waals surface area contributed by atoms with Crippen molar-refractivity contribution in [2.45, 2.75) is 25.8 Å². The molecule has 3 aromatic rings. The Bertz CT molecular complexity index is 846. The Kier molecular flexibility index (Phi) is 4.23. The Morgan fingerprint density at radius 1 is 1.36 bits per heavy atom. The van der Waals surface area contributed by atoms with Gasteiger partial charge in [0.2, 0.25) is 5.89 Å². The molecule has 1 N–H and O–H groups in total. The van der Waals surface area contributed by atoms with Gasteiger partial charge in [-0.05, 0) is 43.9 Å². The van der Waals surface area contributed by atoms with Crippen LogP contribution in [0.4, 0.5) is 0 Å². The first-order valence-electron chi connectivity index (χ1n) is 8.46. The molecular weight excluding hydrogens is 320 g/mol. The third-order valence-corrected chi connectivity index (χ3v) is 4.60. The number of carbonyl (C=O) groups excluding carboxylic acids is 1. The summed E-state index contributed by atoms with van der Waals surface area (Å²) >= 11 is 0. The highest BCUT2D eigenvalue weighted by Gasteiger charge is 2.31. The number of pyridine rings is 1. The third kappa shape index (κ3) is 3.28. The minimum Gasteiger partial charge on any atom is -0.381 e. The average molecular weight is 340 g/mol. The normalized spacial score (nSPS) is 16.8. The lowest BCUT2D eigenvalue weighted by Crippen LogP contribution is -2.36. The van der Waals surface area contributed by atoms with Gasteiger partial charge >= 0.3 is 0 Å². The predicted octanol–water partition coefficient (Wildman–Crippen LogP) is 2.53. The summed E-state index contributed by atoms with van der Waals surface area (Å²) in [6.07, 6.45) is 5.45. The summed E-state index contributed by atoms with van der Waals surface area (Å²) in [5.74, 6) is 1.10. The van der Waals surface area contributed by atoms with E-state index in [4.69, 9.17) is 9.26 Å². The van der Waals surface area contributed by atoms with Crippen LogP contribution in [-0.4, -0.2) is 33.7 Å². The van der Waals surface area contributed by atoms with Crippen LogP contribution in [0.1, 0.15) is 41.0 Å². The van der Waals surface area contributed by atoms with Gasteiger partial charge in [0, 0.05) is 31.1 Å². The number of aryl methyl sites for hydroxylation is 1. The van der Waals surface area contributed by atoms with E-state index >= 15 is 0 Å². The summed E-state index contributed by atoms with van der Waals surface area (Å²) in [4.78, 5) is 17.1. The maximum Gasteiger partial charge on any atom is 0.253 e. The van der Waals surface area contributed by atoms with Crippen molar-refractivity contribution in [3.05, 3.63) is 53.9 Å². The maximum atomic E-state index is 12.8. The zero-order chi connectivity index (χ0) is 17.2. The molecular formula is C18H20N4O3. The van der Waals surface area contributed by atoms with Gasteiger partial charge in [-0.2, -0.15) is 4.98 Å². The molecule has 1 atom stereocenters. The van der Waals surface area contributed by atoms with E-state index in [2.05, 4.69) is 15.5 Å². The van der Waals surface area contributed by atoms with E-state index < -0.39 is 0 Å². The number of fused-ring (bicyclic) bond motifs is 1. The number of nitrogens with zero attached hydrogens (tertiary/aromatic N) is 3. The third-order valence-electron chi connectivity index (χ3n) is 4.60. The molecule has 130 valence electrons. The van der Waals surface area contributed by atoms with E-state index in [1.54, 1.807) is 6.92 Å². The van der Waals surface area contributed by atoms with Crippen molar-refractivity contribution in [3.63, 3.8) is 0 Å². The summed E-state index contributed by atoms with van der Waals surface area (Å²) < 4.78 is 12.7. The van der Waals surface area contributed by atoms with Gasteiger partial charge in [0.15, 0.2) is 5.82 Å². The van der Waals surface area contributed by atoms with Gasteiger partial charge < -0.3 is 19.0 Å². The fraction of sp³-hybridized carbons (Fsp3) is 0.389. The largest absolute Gasteiger partial charge is 0.381 e. The van der Waals surface area contributed by atoms with Gasteiger partial charge in [-0.25, -0.2) is 0 Å². The maximum absolute atomic E-state index is 12.8. The molecule has 0 bridgehead atoms. The molecule has 0 aliphatic carbocycles.